The molecule has 8 heteroatoms. The van der Waals surface area contributed by atoms with Crippen LogP contribution in [0.5, 0.6) is 0 Å². The van der Waals surface area contributed by atoms with Crippen LogP contribution >= 0.6 is 11.3 Å². The lowest BCUT2D eigenvalue weighted by Gasteiger charge is -2.37. The number of rotatable bonds is 5. The number of imide groups is 1. The van der Waals surface area contributed by atoms with Gasteiger partial charge in [-0.2, -0.15) is 0 Å². The fraction of sp³-hybridized carbons (Fsp3) is 0.542. The molecule has 0 saturated carbocycles. The van der Waals surface area contributed by atoms with Crippen LogP contribution in [0, 0.1) is 11.8 Å². The van der Waals surface area contributed by atoms with Crippen molar-refractivity contribution in [1.82, 2.24) is 4.98 Å². The summed E-state index contributed by atoms with van der Waals surface area (Å²) >= 11 is 1.50. The standard InChI is InChI=1S/C24H30N2O4SSi/c1-22(2,3)32(5,6)29-12-11-24-10-9-23(4,30-24)18-19(24)21(28)26(20(18)27)15-7-8-16-17(13-15)31-14-25-16/h7-10,13-14,18-19H,11-12H2,1-6H3/t18-,19+,23-,24-/m0/s1. The molecule has 3 aliphatic rings. The second-order valence-corrected chi connectivity index (χ2v) is 16.6. The number of carbonyl (C=O) groups excluding carboxylic acids is 2. The Morgan fingerprint density at radius 2 is 1.91 bits per heavy atom. The van der Waals surface area contributed by atoms with Gasteiger partial charge in [0.05, 0.1) is 38.9 Å². The summed E-state index contributed by atoms with van der Waals surface area (Å²) < 4.78 is 13.8. The highest BCUT2D eigenvalue weighted by Gasteiger charge is 2.71. The number of carbonyl (C=O) groups is 2. The van der Waals surface area contributed by atoms with Crippen molar-refractivity contribution in [1.29, 1.82) is 0 Å². The minimum atomic E-state index is -1.92. The van der Waals surface area contributed by atoms with Crippen molar-refractivity contribution in [2.24, 2.45) is 11.8 Å². The average molecular weight is 471 g/mol. The lowest BCUT2D eigenvalue weighted by Crippen LogP contribution is -2.44. The van der Waals surface area contributed by atoms with E-state index in [9.17, 15) is 9.59 Å². The van der Waals surface area contributed by atoms with Crippen molar-refractivity contribution in [2.45, 2.75) is 63.5 Å². The summed E-state index contributed by atoms with van der Waals surface area (Å²) in [6.45, 7) is 13.5. The topological polar surface area (TPSA) is 68.7 Å². The molecule has 170 valence electrons. The Kier molecular flexibility index (Phi) is 4.68. The molecule has 4 heterocycles. The lowest BCUT2D eigenvalue weighted by atomic mass is 9.71. The van der Waals surface area contributed by atoms with Gasteiger partial charge in [0.15, 0.2) is 8.32 Å². The zero-order chi connectivity index (χ0) is 23.1. The van der Waals surface area contributed by atoms with Gasteiger partial charge in [-0.15, -0.1) is 11.3 Å². The summed E-state index contributed by atoms with van der Waals surface area (Å²) in [5.41, 5.74) is 1.69. The third-order valence-corrected chi connectivity index (χ3v) is 13.2. The Hall–Kier alpha value is -1.87. The smallest absolute Gasteiger partial charge is 0.241 e. The van der Waals surface area contributed by atoms with Crippen LogP contribution in [0.15, 0.2) is 35.9 Å². The van der Waals surface area contributed by atoms with Crippen LogP contribution in [0.2, 0.25) is 18.1 Å². The molecule has 0 spiro atoms. The van der Waals surface area contributed by atoms with Gasteiger partial charge >= 0.3 is 0 Å². The van der Waals surface area contributed by atoms with Crippen LogP contribution in [-0.4, -0.2) is 42.9 Å². The minimum absolute atomic E-state index is 0.106. The Balaban J connectivity index is 1.43. The van der Waals surface area contributed by atoms with Crippen LogP contribution in [0.25, 0.3) is 10.2 Å². The number of amides is 2. The molecule has 2 amide bonds. The quantitative estimate of drug-likeness (QED) is 0.353. The molecular weight excluding hydrogens is 440 g/mol. The molecule has 3 aliphatic heterocycles. The number of ether oxygens (including phenoxy) is 1. The summed E-state index contributed by atoms with van der Waals surface area (Å²) in [6, 6.07) is 5.56. The number of nitrogens with zero attached hydrogens (tertiary/aromatic N) is 2. The largest absolute Gasteiger partial charge is 0.417 e. The van der Waals surface area contributed by atoms with Gasteiger partial charge < -0.3 is 9.16 Å². The molecule has 1 aromatic carbocycles. The second kappa shape index (κ2) is 6.82. The van der Waals surface area contributed by atoms with Gasteiger partial charge in [0.25, 0.3) is 0 Å². The highest BCUT2D eigenvalue weighted by Crippen LogP contribution is 2.59. The third kappa shape index (κ3) is 3.00. The summed E-state index contributed by atoms with van der Waals surface area (Å²) in [5.74, 6) is -1.39. The number of hydrogen-bond donors (Lipinski definition) is 0. The molecule has 4 atom stereocenters. The molecule has 0 aliphatic carbocycles. The molecule has 2 bridgehead atoms. The summed E-state index contributed by atoms with van der Waals surface area (Å²) in [4.78, 5) is 32.9. The predicted molar refractivity (Wildman–Crippen MR) is 128 cm³/mol. The number of hydrogen-bond acceptors (Lipinski definition) is 6. The Morgan fingerprint density at radius 1 is 1.19 bits per heavy atom. The van der Waals surface area contributed by atoms with Gasteiger partial charge in [0.1, 0.15) is 5.60 Å². The predicted octanol–water partition coefficient (Wildman–Crippen LogP) is 4.91. The Labute approximate surface area is 193 Å². The van der Waals surface area contributed by atoms with Gasteiger partial charge in [-0.3, -0.25) is 9.59 Å². The van der Waals surface area contributed by atoms with Crippen molar-refractivity contribution in [3.63, 3.8) is 0 Å². The molecule has 0 radical (unpaired) electrons. The molecule has 6 nitrogen and oxygen atoms in total. The van der Waals surface area contributed by atoms with Crippen LogP contribution < -0.4 is 4.90 Å². The van der Waals surface area contributed by atoms with E-state index < -0.39 is 31.4 Å². The molecule has 2 aromatic rings. The van der Waals surface area contributed by atoms with Crippen molar-refractivity contribution in [2.75, 3.05) is 11.5 Å². The Bertz CT molecular complexity index is 1150. The van der Waals surface area contributed by atoms with Crippen molar-refractivity contribution in [3.8, 4) is 0 Å². The van der Waals surface area contributed by atoms with E-state index in [0.29, 0.717) is 18.7 Å². The summed E-state index contributed by atoms with van der Waals surface area (Å²) in [5, 5.41) is 0.106. The number of anilines is 1. The summed E-state index contributed by atoms with van der Waals surface area (Å²) in [6.07, 6.45) is 4.54. The highest BCUT2D eigenvalue weighted by atomic mass is 32.1. The van der Waals surface area contributed by atoms with Crippen molar-refractivity contribution < 1.29 is 18.8 Å². The summed E-state index contributed by atoms with van der Waals surface area (Å²) in [7, 11) is -1.92. The van der Waals surface area contributed by atoms with Gasteiger partial charge in [0, 0.05) is 13.0 Å². The minimum Gasteiger partial charge on any atom is -0.417 e. The molecule has 0 N–H and O–H groups in total. The maximum atomic E-state index is 13.7. The normalized spacial score (nSPS) is 31.9. The van der Waals surface area contributed by atoms with Crippen LogP contribution in [-0.2, 0) is 18.8 Å². The van der Waals surface area contributed by atoms with Crippen LogP contribution in [0.3, 0.4) is 0 Å². The van der Waals surface area contributed by atoms with E-state index in [4.69, 9.17) is 9.16 Å². The van der Waals surface area contributed by atoms with Gasteiger partial charge in [-0.05, 0) is 43.3 Å². The van der Waals surface area contributed by atoms with E-state index >= 15 is 0 Å². The maximum Gasteiger partial charge on any atom is 0.241 e. The van der Waals surface area contributed by atoms with Crippen LogP contribution in [0.4, 0.5) is 5.69 Å². The first kappa shape index (κ1) is 21.9. The number of fused-ring (bicyclic) bond motifs is 6. The van der Waals surface area contributed by atoms with Gasteiger partial charge in [-0.25, -0.2) is 9.88 Å². The van der Waals surface area contributed by atoms with E-state index in [1.165, 1.54) is 16.2 Å². The molecule has 5 rings (SSSR count). The first-order valence-electron chi connectivity index (χ1n) is 11.1. The van der Waals surface area contributed by atoms with Crippen molar-refractivity contribution in [3.05, 3.63) is 35.9 Å². The zero-order valence-electron chi connectivity index (χ0n) is 19.5. The average Bonchev–Trinajstić information content (AvgIpc) is 3.41. The number of benzene rings is 1. The van der Waals surface area contributed by atoms with E-state index in [0.717, 1.165) is 10.2 Å². The van der Waals surface area contributed by atoms with Crippen LogP contribution in [0.1, 0.15) is 34.1 Å². The van der Waals surface area contributed by atoms with E-state index in [1.54, 1.807) is 5.51 Å². The fourth-order valence-electron chi connectivity index (χ4n) is 5.07. The number of thiazole rings is 1. The molecule has 32 heavy (non-hydrogen) atoms. The van der Waals surface area contributed by atoms with E-state index in [1.807, 2.05) is 37.3 Å². The van der Waals surface area contributed by atoms with E-state index in [2.05, 4.69) is 38.8 Å². The Morgan fingerprint density at radius 3 is 2.62 bits per heavy atom. The highest BCUT2D eigenvalue weighted by molar-refractivity contribution is 7.16. The molecule has 0 unspecified atom stereocenters. The maximum absolute atomic E-state index is 13.7. The fourth-order valence-corrected chi connectivity index (χ4v) is 6.82. The molecular formula is C24H30N2O4SSi. The lowest BCUT2D eigenvalue weighted by molar-refractivity contribution is -0.129. The monoisotopic (exact) mass is 470 g/mol. The molecule has 2 fully saturated rings. The molecule has 1 aromatic heterocycles. The SMILES string of the molecule is CC(C)(C)[Si](C)(C)OCC[C@]12C=C[C@](C)(O1)[C@@H]1C(=O)N(c3ccc4ncsc4c3)C(=O)[C@@H]12. The van der Waals surface area contributed by atoms with Gasteiger partial charge in [-0.1, -0.05) is 32.9 Å². The first-order valence-corrected chi connectivity index (χ1v) is 14.9. The number of aromatic nitrogens is 1. The van der Waals surface area contributed by atoms with E-state index in [-0.39, 0.29) is 16.9 Å². The zero-order valence-corrected chi connectivity index (χ0v) is 21.3. The van der Waals surface area contributed by atoms with Gasteiger partial charge in [0.2, 0.25) is 11.8 Å². The first-order chi connectivity index (χ1) is 14.9. The third-order valence-electron chi connectivity index (χ3n) is 7.89. The molecule has 2 saturated heterocycles. The van der Waals surface area contributed by atoms with Crippen molar-refractivity contribution >= 4 is 47.4 Å². The second-order valence-electron chi connectivity index (χ2n) is 10.9.